The zero-order valence-electron chi connectivity index (χ0n) is 54.0. The van der Waals surface area contributed by atoms with Crippen LogP contribution in [0.2, 0.25) is 0 Å². The first-order chi connectivity index (χ1) is 41.8. The van der Waals surface area contributed by atoms with Crippen LogP contribution in [0.25, 0.3) is 16.4 Å². The molecule has 8 bridgehead atoms. The Labute approximate surface area is 545 Å². The van der Waals surface area contributed by atoms with Gasteiger partial charge in [-0.15, -0.1) is 0 Å². The zero-order chi connectivity index (χ0) is 66.7. The number of carbonyl (C=O) groups is 7. The molecule has 6 aliphatic heterocycles. The van der Waals surface area contributed by atoms with Gasteiger partial charge in [-0.2, -0.15) is 5.70 Å². The van der Waals surface area contributed by atoms with Crippen LogP contribution in [0.4, 0.5) is 0 Å². The smallest absolute Gasteiger partial charge is 0.682 e. The zero-order valence-corrected chi connectivity index (χ0v) is 56.0. The molecule has 1 aromatic carbocycles. The quantitative estimate of drug-likeness (QED) is 0.0605. The second-order valence-electron chi connectivity index (χ2n) is 27.0. The van der Waals surface area contributed by atoms with E-state index in [1.807, 2.05) is 80.5 Å². The van der Waals surface area contributed by atoms with Gasteiger partial charge in [-0.05, 0) is 119 Å². The number of phosphoric ester groups is 1. The Morgan fingerprint density at radius 1 is 0.783 bits per heavy atom. The van der Waals surface area contributed by atoms with Gasteiger partial charge in [-0.25, -0.2) is 9.55 Å². The molecule has 7 heterocycles. The van der Waals surface area contributed by atoms with E-state index in [0.29, 0.717) is 56.4 Å². The molecule has 507 valence electrons. The van der Waals surface area contributed by atoms with Gasteiger partial charge in [0.1, 0.15) is 18.3 Å². The van der Waals surface area contributed by atoms with Crippen LogP contribution < -0.4 is 39.7 Å². The summed E-state index contributed by atoms with van der Waals surface area (Å²) in [4.78, 5) is 125. The summed E-state index contributed by atoms with van der Waals surface area (Å²) in [5, 5.41) is 30.2. The molecule has 2 saturated heterocycles. The number of aliphatic hydroxyl groups excluding tert-OH is 2. The number of rotatable bonds is 26. The summed E-state index contributed by atoms with van der Waals surface area (Å²) < 4.78 is 32.3. The third-order valence-electron chi connectivity index (χ3n) is 20.5. The Bertz CT molecular complexity index is 3550. The van der Waals surface area contributed by atoms with Crippen molar-refractivity contribution in [3.63, 3.8) is 0 Å². The first-order valence-corrected chi connectivity index (χ1v) is 32.0. The van der Waals surface area contributed by atoms with Gasteiger partial charge in [0.15, 0.2) is 6.23 Å². The molecule has 1 unspecified atom stereocenters. The molecular weight excluding hydrogens is 1260 g/mol. The molecule has 6 aliphatic rings. The second kappa shape index (κ2) is 27.8. The summed E-state index contributed by atoms with van der Waals surface area (Å²) in [6.07, 6.45) is -4.47. The number of benzene rings is 1. The van der Waals surface area contributed by atoms with E-state index in [9.17, 15) is 53.2 Å². The fourth-order valence-electron chi connectivity index (χ4n) is 15.3. The molecule has 30 heteroatoms. The molecule has 28 nitrogen and oxygen atoms in total. The van der Waals surface area contributed by atoms with Crippen LogP contribution in [0.3, 0.4) is 0 Å². The van der Waals surface area contributed by atoms with Gasteiger partial charge in [0.25, 0.3) is 0 Å². The third-order valence-corrected chi connectivity index (χ3v) is 21.6. The van der Waals surface area contributed by atoms with Gasteiger partial charge in [0.2, 0.25) is 41.4 Å². The fourth-order valence-corrected chi connectivity index (χ4v) is 16.5. The largest absolute Gasteiger partial charge is 2.00 e. The van der Waals surface area contributed by atoms with Crippen molar-refractivity contribution < 1.29 is 89.3 Å². The average Bonchev–Trinajstić information content (AvgIpc) is 1.53. The summed E-state index contributed by atoms with van der Waals surface area (Å²) in [5.74, 6) is -7.34. The first-order valence-electron chi connectivity index (χ1n) is 30.5. The monoisotopic (exact) mass is 1350 g/mol. The topological polar surface area (TPSA) is 494 Å². The number of nitrogens with one attached hydrogen (secondary N) is 1. The molecule has 7 amide bonds. The number of primary amides is 6. The number of aliphatic hydroxyl groups is 2. The maximum atomic E-state index is 14.4. The molecular formula is C62H91CoN13O15P+. The molecule has 8 rings (SSSR count). The number of aromatic nitrogens is 2. The molecule has 2 aromatic rings. The number of allylic oxidation sites excluding steroid dienone is 6. The summed E-state index contributed by atoms with van der Waals surface area (Å²) in [5.41, 5.74) is 36.8. The molecule has 18 N–H and O–H groups in total. The van der Waals surface area contributed by atoms with Gasteiger partial charge >= 0.3 is 24.6 Å². The number of aliphatic imine (C=N–C) groups is 3. The number of ether oxygens (including phenoxy) is 1. The predicted octanol–water partition coefficient (Wildman–Crippen LogP) is 3.12. The molecule has 0 aliphatic carbocycles. The van der Waals surface area contributed by atoms with Crippen LogP contribution >= 0.6 is 7.82 Å². The number of carbonyl (C=O) groups excluding carboxylic acids is 7. The summed E-state index contributed by atoms with van der Waals surface area (Å²) in [6, 6.07) is 2.68. The number of amides is 7. The Kier molecular flexibility index (Phi) is 22.5. The fraction of sp³-hybridized carbons (Fsp3) is 0.629. The van der Waals surface area contributed by atoms with Crippen molar-refractivity contribution in [1.29, 1.82) is 0 Å². The van der Waals surface area contributed by atoms with E-state index in [2.05, 4.69) is 10.3 Å². The number of nitrogens with zero attached hydrogens (tertiary/aromatic N) is 6. The summed E-state index contributed by atoms with van der Waals surface area (Å²) in [7, 11) is -5.07. The number of fused-ring (bicyclic) bond motifs is 7. The Balaban J connectivity index is 0.00000672. The van der Waals surface area contributed by atoms with Gasteiger partial charge in [0, 0.05) is 108 Å². The van der Waals surface area contributed by atoms with Crippen molar-refractivity contribution in [3.05, 3.63) is 69.2 Å². The Morgan fingerprint density at radius 2 is 1.37 bits per heavy atom. The van der Waals surface area contributed by atoms with Gasteiger partial charge in [0.05, 0.1) is 41.3 Å². The number of phosphoric acid groups is 1. The standard InChI is InChI=1S/C62H90N13O14P.Co.H2O/c1-29-20-39-40(21-30(29)2)75(28-70-39)57-52(84)53(41(27-76)87-57)89-90(85,86)88-31(3)26-69-49(83)18-19-59(8)37(22-46(66)80)56-62(11)61(10,25-48(68)82)36(14-17-45(65)79)51(74-62)33(5)55-60(9,24-47(67)81)34(12-15-43(63)77)38(71-55)23-42-58(6,7)35(13-16-44(64)78)50(72-42)32(4)54(59)73-56;;/h20-21,23,28,31,34-37,41,52-53,56-57,76,84H,12-19,22,24-27H2,1-11H3,(H15,63,64,65,66,67,68,69,71,72,73,74,77,78,79,80,81,82,83,85,86);;1H2/q;+2;/p-1/t31-,34-,35-,36-,37+,41-,52-,53-,56-,57+,59-,60+,61+,62+;;/m1../s1. The van der Waals surface area contributed by atoms with Crippen molar-refractivity contribution >= 4 is 77.3 Å². The number of hydrogen-bond donors (Lipinski definition) is 10. The van der Waals surface area contributed by atoms with E-state index in [-0.39, 0.29) is 99.4 Å². The van der Waals surface area contributed by atoms with E-state index in [0.717, 1.165) is 11.1 Å². The van der Waals surface area contributed by atoms with Crippen LogP contribution in [-0.4, -0.2) is 138 Å². The van der Waals surface area contributed by atoms with Gasteiger partial charge < -0.3 is 74.9 Å². The maximum Gasteiger partial charge on any atom is 2.00 e. The first kappa shape index (κ1) is 74.5. The second-order valence-corrected chi connectivity index (χ2v) is 28.4. The summed E-state index contributed by atoms with van der Waals surface area (Å²) in [6.45, 7) is 19.1. The van der Waals surface area contributed by atoms with Crippen LogP contribution in [0.1, 0.15) is 150 Å². The molecule has 1 radical (unpaired) electrons. The Hall–Kier alpha value is -6.53. The normalized spacial score (nSPS) is 33.5. The molecule has 0 saturated carbocycles. The van der Waals surface area contributed by atoms with E-state index in [4.69, 9.17) is 68.5 Å². The molecule has 0 spiro atoms. The van der Waals surface area contributed by atoms with E-state index in [1.165, 1.54) is 13.3 Å². The van der Waals surface area contributed by atoms with Crippen LogP contribution in [-0.2, 0) is 68.7 Å². The van der Waals surface area contributed by atoms with Crippen LogP contribution in [0.5, 0.6) is 0 Å². The number of hydrogen-bond acceptors (Lipinski definition) is 17. The molecule has 15 atom stereocenters. The minimum absolute atomic E-state index is 0. The van der Waals surface area contributed by atoms with Crippen LogP contribution in [0.15, 0.2) is 67.8 Å². The number of imidazole rings is 1. The van der Waals surface area contributed by atoms with E-state index >= 15 is 0 Å². The third kappa shape index (κ3) is 14.1. The summed E-state index contributed by atoms with van der Waals surface area (Å²) >= 11 is 0. The molecule has 2 fully saturated rings. The van der Waals surface area contributed by atoms with Gasteiger partial charge in [-0.3, -0.25) is 57.6 Å². The predicted molar refractivity (Wildman–Crippen MR) is 337 cm³/mol. The Morgan fingerprint density at radius 3 is 1.95 bits per heavy atom. The van der Waals surface area contributed by atoms with Gasteiger partial charge in [-0.1, -0.05) is 40.7 Å². The van der Waals surface area contributed by atoms with Crippen LogP contribution in [0, 0.1) is 59.2 Å². The molecule has 1 aromatic heterocycles. The minimum atomic E-state index is -5.07. The van der Waals surface area contributed by atoms with Crippen molar-refractivity contribution in [2.24, 2.45) is 94.7 Å². The van der Waals surface area contributed by atoms with Crippen molar-refractivity contribution in [1.82, 2.24) is 14.9 Å². The minimum Gasteiger partial charge on any atom is -0.682 e. The molecule has 92 heavy (non-hydrogen) atoms. The number of aryl methyl sites for hydroxylation is 2. The van der Waals surface area contributed by atoms with E-state index < -0.39 is 143 Å². The van der Waals surface area contributed by atoms with Crippen molar-refractivity contribution in [2.45, 2.75) is 189 Å². The SMILES string of the molecule is C/C1=C2/[N-][C@H]([C@H](CC(N)=O)[C@@]2(C)CCC(=O)NC[C@@H](C)OP(=O)(O)O[C@H]2[C@@H](O)[C@@H](n3cnc4cc(C)c(C)cc43)O[C@@H]2CO)[C@]2(C)N=C(/C(C)=C3N=C(/C=C4N=C1[C@@H](CCC(N)=O)C/4(C)C)[C@@H](CCC(N)=O)[C@]\3(C)CC(N)=O)[C@@H](CCC(N)=O)[C@]2(C)CC(N)=O.O.[Co+2]. The average molecular weight is 1350 g/mol. The van der Waals surface area contributed by atoms with Crippen molar-refractivity contribution in [2.75, 3.05) is 13.2 Å². The van der Waals surface area contributed by atoms with E-state index in [1.54, 1.807) is 11.5 Å². The van der Waals surface area contributed by atoms with Crippen molar-refractivity contribution in [3.8, 4) is 0 Å². The maximum absolute atomic E-state index is 14.4. The number of nitrogens with two attached hydrogens (primary N) is 6.